The molecule has 3 heteroatoms. The topological polar surface area (TPSA) is 41.1 Å². The minimum absolute atomic E-state index is 0.0526. The van der Waals surface area contributed by atoms with Gasteiger partial charge in [-0.15, -0.1) is 0 Å². The molecule has 19 heavy (non-hydrogen) atoms. The van der Waals surface area contributed by atoms with Gasteiger partial charge in [-0.25, -0.2) is 0 Å². The average molecular weight is 262 g/mol. The van der Waals surface area contributed by atoms with Crippen LogP contribution in [-0.4, -0.2) is 19.0 Å². The van der Waals surface area contributed by atoms with Crippen molar-refractivity contribution in [1.29, 1.82) is 0 Å². The first-order valence-electron chi connectivity index (χ1n) is 7.26. The van der Waals surface area contributed by atoms with Crippen LogP contribution in [0.5, 0.6) is 0 Å². The molecule has 0 heterocycles. The van der Waals surface area contributed by atoms with Crippen molar-refractivity contribution in [3.8, 4) is 0 Å². The van der Waals surface area contributed by atoms with Gasteiger partial charge in [-0.2, -0.15) is 0 Å². The predicted octanol–water partition coefficient (Wildman–Crippen LogP) is 3.36. The van der Waals surface area contributed by atoms with Crippen molar-refractivity contribution in [3.05, 3.63) is 29.8 Å². The van der Waals surface area contributed by atoms with Gasteiger partial charge in [-0.05, 0) is 24.5 Å². The smallest absolute Gasteiger partial charge is 0.224 e. The molecule has 0 aliphatic heterocycles. The summed E-state index contributed by atoms with van der Waals surface area (Å²) in [6.45, 7) is 4.42. The predicted molar refractivity (Wildman–Crippen MR) is 81.4 cm³/mol. The molecular formula is C16H26N2O. The number of likely N-dealkylation sites (N-methyl/N-ethyl adjacent to an activating group) is 1. The van der Waals surface area contributed by atoms with E-state index in [2.05, 4.69) is 30.5 Å². The molecule has 0 saturated heterocycles. The number of hydrogen-bond acceptors (Lipinski definition) is 2. The molecule has 1 aromatic rings. The number of amides is 1. The van der Waals surface area contributed by atoms with Gasteiger partial charge in [0.2, 0.25) is 5.91 Å². The van der Waals surface area contributed by atoms with Gasteiger partial charge in [-0.3, -0.25) is 4.79 Å². The first-order chi connectivity index (χ1) is 9.21. The van der Waals surface area contributed by atoms with Crippen molar-refractivity contribution >= 4 is 11.6 Å². The molecule has 0 spiro atoms. The Hall–Kier alpha value is -1.51. The summed E-state index contributed by atoms with van der Waals surface area (Å²) in [5.74, 6) is 0.0526. The monoisotopic (exact) mass is 262 g/mol. The summed E-state index contributed by atoms with van der Waals surface area (Å²) in [5, 5.41) is 6.28. The number of benzene rings is 1. The summed E-state index contributed by atoms with van der Waals surface area (Å²) >= 11 is 0. The lowest BCUT2D eigenvalue weighted by Crippen LogP contribution is -2.23. The molecule has 2 N–H and O–H groups in total. The molecular weight excluding hydrogens is 236 g/mol. The number of rotatable bonds is 8. The van der Waals surface area contributed by atoms with E-state index in [4.69, 9.17) is 0 Å². The van der Waals surface area contributed by atoms with E-state index in [9.17, 15) is 4.79 Å². The summed E-state index contributed by atoms with van der Waals surface area (Å²) in [6.07, 6.45) is 5.12. The Morgan fingerprint density at radius 3 is 2.37 bits per heavy atom. The Morgan fingerprint density at radius 1 is 1.16 bits per heavy atom. The minimum atomic E-state index is 0.0526. The van der Waals surface area contributed by atoms with Crippen molar-refractivity contribution in [2.45, 2.75) is 52.0 Å². The maximum Gasteiger partial charge on any atom is 0.224 e. The Labute approximate surface area is 116 Å². The summed E-state index contributed by atoms with van der Waals surface area (Å²) < 4.78 is 0. The third-order valence-corrected chi connectivity index (χ3v) is 3.28. The highest BCUT2D eigenvalue weighted by Crippen LogP contribution is 2.19. The molecule has 1 rings (SSSR count). The molecule has 1 aromatic carbocycles. The normalized spacial score (nSPS) is 10.5. The molecule has 0 radical (unpaired) electrons. The molecule has 0 aliphatic carbocycles. The van der Waals surface area contributed by atoms with Crippen LogP contribution in [0.2, 0.25) is 0 Å². The number of carbonyl (C=O) groups is 1. The zero-order valence-corrected chi connectivity index (χ0v) is 12.3. The molecule has 1 amide bonds. The Balaban J connectivity index is 2.77. The van der Waals surface area contributed by atoms with E-state index in [1.54, 1.807) is 7.05 Å². The van der Waals surface area contributed by atoms with E-state index in [1.807, 2.05) is 18.2 Å². The number of hydrogen-bond donors (Lipinski definition) is 2. The second-order valence-electron chi connectivity index (χ2n) is 4.93. The van der Waals surface area contributed by atoms with Gasteiger partial charge < -0.3 is 10.6 Å². The highest BCUT2D eigenvalue weighted by atomic mass is 16.1. The van der Waals surface area contributed by atoms with Crippen molar-refractivity contribution < 1.29 is 4.79 Å². The minimum Gasteiger partial charge on any atom is -0.382 e. The van der Waals surface area contributed by atoms with Crippen LogP contribution in [0.3, 0.4) is 0 Å². The lowest BCUT2D eigenvalue weighted by atomic mass is 10.0. The van der Waals surface area contributed by atoms with E-state index in [-0.39, 0.29) is 5.91 Å². The number of anilines is 1. The third kappa shape index (κ3) is 5.33. The molecule has 0 saturated carbocycles. The molecule has 106 valence electrons. The van der Waals surface area contributed by atoms with Gasteiger partial charge in [0.25, 0.3) is 0 Å². The van der Waals surface area contributed by atoms with Gasteiger partial charge in [0.15, 0.2) is 0 Å². The fourth-order valence-electron chi connectivity index (χ4n) is 2.28. The Morgan fingerprint density at radius 2 is 1.79 bits per heavy atom. The van der Waals surface area contributed by atoms with Crippen LogP contribution in [0.4, 0.5) is 5.69 Å². The van der Waals surface area contributed by atoms with Gasteiger partial charge in [0, 0.05) is 18.8 Å². The van der Waals surface area contributed by atoms with E-state index in [0.717, 1.165) is 11.3 Å². The molecule has 3 nitrogen and oxygen atoms in total. The van der Waals surface area contributed by atoms with Crippen LogP contribution in [0, 0.1) is 0 Å². The fourth-order valence-corrected chi connectivity index (χ4v) is 2.28. The quantitative estimate of drug-likeness (QED) is 0.754. The van der Waals surface area contributed by atoms with Crippen molar-refractivity contribution in [3.63, 3.8) is 0 Å². The van der Waals surface area contributed by atoms with Crippen LogP contribution in [0.15, 0.2) is 24.3 Å². The second kappa shape index (κ2) is 8.57. The van der Waals surface area contributed by atoms with Gasteiger partial charge in [-0.1, -0.05) is 44.9 Å². The van der Waals surface area contributed by atoms with Crippen LogP contribution < -0.4 is 10.6 Å². The first-order valence-corrected chi connectivity index (χ1v) is 7.26. The lowest BCUT2D eigenvalue weighted by Gasteiger charge is -2.21. The zero-order chi connectivity index (χ0) is 14.1. The largest absolute Gasteiger partial charge is 0.382 e. The fraction of sp³-hybridized carbons (Fsp3) is 0.562. The molecule has 0 aliphatic rings. The summed E-state index contributed by atoms with van der Waals surface area (Å²) in [7, 11) is 1.68. The highest BCUT2D eigenvalue weighted by Gasteiger charge is 2.10. The zero-order valence-electron chi connectivity index (χ0n) is 12.3. The van der Waals surface area contributed by atoms with Crippen molar-refractivity contribution in [2.75, 3.05) is 12.4 Å². The Kier molecular flexibility index (Phi) is 7.01. The lowest BCUT2D eigenvalue weighted by molar-refractivity contribution is -0.119. The molecule has 0 fully saturated rings. The van der Waals surface area contributed by atoms with Crippen molar-refractivity contribution in [2.24, 2.45) is 0 Å². The summed E-state index contributed by atoms with van der Waals surface area (Å²) in [6, 6.07) is 8.59. The molecule has 0 unspecified atom stereocenters. The Bertz CT molecular complexity index is 384. The van der Waals surface area contributed by atoms with Crippen LogP contribution in [-0.2, 0) is 11.2 Å². The number of para-hydroxylation sites is 1. The second-order valence-corrected chi connectivity index (χ2v) is 4.93. The summed E-state index contributed by atoms with van der Waals surface area (Å²) in [4.78, 5) is 11.5. The van der Waals surface area contributed by atoms with Crippen LogP contribution >= 0.6 is 0 Å². The van der Waals surface area contributed by atoms with E-state index in [1.165, 1.54) is 25.7 Å². The average Bonchev–Trinajstić information content (AvgIpc) is 2.41. The first kappa shape index (κ1) is 15.5. The maximum atomic E-state index is 11.5. The van der Waals surface area contributed by atoms with Crippen LogP contribution in [0.25, 0.3) is 0 Å². The highest BCUT2D eigenvalue weighted by molar-refractivity contribution is 5.80. The van der Waals surface area contributed by atoms with Gasteiger partial charge in [0.1, 0.15) is 0 Å². The van der Waals surface area contributed by atoms with Crippen LogP contribution in [0.1, 0.15) is 45.1 Å². The van der Waals surface area contributed by atoms with Gasteiger partial charge >= 0.3 is 0 Å². The molecule has 0 bridgehead atoms. The van der Waals surface area contributed by atoms with Crippen molar-refractivity contribution in [1.82, 2.24) is 5.32 Å². The molecule has 0 atom stereocenters. The SMILES string of the molecule is CCCC(CCC)Nc1ccccc1CC(=O)NC. The number of nitrogens with one attached hydrogen (secondary N) is 2. The van der Waals surface area contributed by atoms with E-state index in [0.29, 0.717) is 12.5 Å². The third-order valence-electron chi connectivity index (χ3n) is 3.28. The maximum absolute atomic E-state index is 11.5. The summed E-state index contributed by atoms with van der Waals surface area (Å²) in [5.41, 5.74) is 2.16. The number of carbonyl (C=O) groups excluding carboxylic acids is 1. The van der Waals surface area contributed by atoms with E-state index >= 15 is 0 Å². The molecule has 0 aromatic heterocycles. The van der Waals surface area contributed by atoms with E-state index < -0.39 is 0 Å². The van der Waals surface area contributed by atoms with Gasteiger partial charge in [0.05, 0.1) is 6.42 Å². The standard InChI is InChI=1S/C16H26N2O/c1-4-8-14(9-5-2)18-15-11-7-6-10-13(15)12-16(19)17-3/h6-7,10-11,14,18H,4-5,8-9,12H2,1-3H3,(H,17,19).